The van der Waals surface area contributed by atoms with E-state index in [0.29, 0.717) is 25.8 Å². The summed E-state index contributed by atoms with van der Waals surface area (Å²) < 4.78 is 10.4. The van der Waals surface area contributed by atoms with E-state index in [1.165, 1.54) is 0 Å². The second-order valence-electron chi connectivity index (χ2n) is 3.73. The van der Waals surface area contributed by atoms with Gasteiger partial charge in [-0.25, -0.2) is 0 Å². The van der Waals surface area contributed by atoms with Crippen molar-refractivity contribution in [3.05, 3.63) is 0 Å². The molecule has 0 spiro atoms. The van der Waals surface area contributed by atoms with Gasteiger partial charge in [-0.3, -0.25) is 9.69 Å². The summed E-state index contributed by atoms with van der Waals surface area (Å²) in [6, 6.07) is 0.301. The first kappa shape index (κ1) is 11.5. The zero-order valence-electron chi connectivity index (χ0n) is 9.16. The lowest BCUT2D eigenvalue weighted by Gasteiger charge is -2.35. The molecular formula is C10H19NO3. The SMILES string of the molecule is CCOC(=O)CN1C[C@@H](C)OC[C@H]1C. The van der Waals surface area contributed by atoms with E-state index in [-0.39, 0.29) is 12.1 Å². The van der Waals surface area contributed by atoms with Crippen LogP contribution in [-0.4, -0.2) is 49.3 Å². The lowest BCUT2D eigenvalue weighted by molar-refractivity contribution is -0.147. The first-order chi connectivity index (χ1) is 6.63. The van der Waals surface area contributed by atoms with E-state index in [4.69, 9.17) is 9.47 Å². The lowest BCUT2D eigenvalue weighted by atomic mass is 10.2. The fourth-order valence-electron chi connectivity index (χ4n) is 1.56. The number of nitrogens with zero attached hydrogens (tertiary/aromatic N) is 1. The van der Waals surface area contributed by atoms with Gasteiger partial charge in [0.2, 0.25) is 0 Å². The van der Waals surface area contributed by atoms with Crippen molar-refractivity contribution in [1.29, 1.82) is 0 Å². The van der Waals surface area contributed by atoms with E-state index in [1.807, 2.05) is 13.8 Å². The molecule has 0 aromatic rings. The molecule has 0 radical (unpaired) electrons. The number of carbonyl (C=O) groups is 1. The average molecular weight is 201 g/mol. The number of carbonyl (C=O) groups excluding carboxylic acids is 1. The Morgan fingerprint density at radius 2 is 2.29 bits per heavy atom. The molecule has 0 bridgehead atoms. The quantitative estimate of drug-likeness (QED) is 0.629. The Hall–Kier alpha value is -0.610. The van der Waals surface area contributed by atoms with E-state index in [0.717, 1.165) is 6.54 Å². The third-order valence-corrected chi connectivity index (χ3v) is 2.37. The van der Waals surface area contributed by atoms with E-state index in [2.05, 4.69) is 11.8 Å². The molecule has 1 heterocycles. The molecule has 0 N–H and O–H groups in total. The number of hydrogen-bond donors (Lipinski definition) is 0. The first-order valence-electron chi connectivity index (χ1n) is 5.14. The number of rotatable bonds is 3. The maximum atomic E-state index is 11.3. The molecule has 0 saturated carbocycles. The summed E-state index contributed by atoms with van der Waals surface area (Å²) in [5, 5.41) is 0. The monoisotopic (exact) mass is 201 g/mol. The molecule has 1 aliphatic rings. The first-order valence-corrected chi connectivity index (χ1v) is 5.14. The highest BCUT2D eigenvalue weighted by molar-refractivity contribution is 5.71. The van der Waals surface area contributed by atoms with Crippen LogP contribution in [0.4, 0.5) is 0 Å². The van der Waals surface area contributed by atoms with Gasteiger partial charge in [0, 0.05) is 12.6 Å². The summed E-state index contributed by atoms with van der Waals surface area (Å²) in [5.41, 5.74) is 0. The van der Waals surface area contributed by atoms with Gasteiger partial charge in [0.05, 0.1) is 25.9 Å². The maximum Gasteiger partial charge on any atom is 0.320 e. The molecule has 0 amide bonds. The summed E-state index contributed by atoms with van der Waals surface area (Å²) in [6.45, 7) is 8.23. The van der Waals surface area contributed by atoms with Gasteiger partial charge < -0.3 is 9.47 Å². The zero-order chi connectivity index (χ0) is 10.6. The molecule has 4 nitrogen and oxygen atoms in total. The van der Waals surface area contributed by atoms with Crippen molar-refractivity contribution < 1.29 is 14.3 Å². The van der Waals surface area contributed by atoms with Crippen molar-refractivity contribution in [2.75, 3.05) is 26.3 Å². The largest absolute Gasteiger partial charge is 0.465 e. The molecule has 0 aromatic heterocycles. The molecule has 0 unspecified atom stereocenters. The Morgan fingerprint density at radius 3 is 2.93 bits per heavy atom. The van der Waals surface area contributed by atoms with Gasteiger partial charge in [-0.05, 0) is 20.8 Å². The summed E-state index contributed by atoms with van der Waals surface area (Å²) >= 11 is 0. The molecule has 2 atom stereocenters. The van der Waals surface area contributed by atoms with Gasteiger partial charge in [-0.2, -0.15) is 0 Å². The highest BCUT2D eigenvalue weighted by atomic mass is 16.5. The minimum Gasteiger partial charge on any atom is -0.465 e. The van der Waals surface area contributed by atoms with Gasteiger partial charge in [0.25, 0.3) is 0 Å². The number of hydrogen-bond acceptors (Lipinski definition) is 4. The minimum atomic E-state index is -0.145. The van der Waals surface area contributed by atoms with Gasteiger partial charge in [-0.1, -0.05) is 0 Å². The summed E-state index contributed by atoms with van der Waals surface area (Å²) in [5.74, 6) is -0.145. The van der Waals surface area contributed by atoms with Crippen molar-refractivity contribution in [1.82, 2.24) is 4.90 Å². The fraction of sp³-hybridized carbons (Fsp3) is 0.900. The Kier molecular flexibility index (Phi) is 4.35. The van der Waals surface area contributed by atoms with Crippen LogP contribution in [0, 0.1) is 0 Å². The second kappa shape index (κ2) is 5.32. The molecule has 0 aromatic carbocycles. The summed E-state index contributed by atoms with van der Waals surface area (Å²) in [4.78, 5) is 13.4. The standard InChI is InChI=1S/C10H19NO3/c1-4-13-10(12)6-11-5-9(3)14-7-8(11)2/h8-9H,4-7H2,1-3H3/t8-,9-/m1/s1. The van der Waals surface area contributed by atoms with Crippen molar-refractivity contribution in [3.63, 3.8) is 0 Å². The summed E-state index contributed by atoms with van der Waals surface area (Å²) in [7, 11) is 0. The van der Waals surface area contributed by atoms with Crippen molar-refractivity contribution >= 4 is 5.97 Å². The topological polar surface area (TPSA) is 38.8 Å². The highest BCUT2D eigenvalue weighted by Crippen LogP contribution is 2.10. The molecule has 1 saturated heterocycles. The van der Waals surface area contributed by atoms with Crippen LogP contribution in [0.1, 0.15) is 20.8 Å². The Labute approximate surface area is 85.2 Å². The van der Waals surface area contributed by atoms with E-state index in [1.54, 1.807) is 0 Å². The van der Waals surface area contributed by atoms with Crippen molar-refractivity contribution in [2.24, 2.45) is 0 Å². The van der Waals surface area contributed by atoms with Gasteiger partial charge in [-0.15, -0.1) is 0 Å². The number of esters is 1. The van der Waals surface area contributed by atoms with E-state index < -0.39 is 0 Å². The Balaban J connectivity index is 2.37. The Bertz CT molecular complexity index is 196. The van der Waals surface area contributed by atoms with E-state index >= 15 is 0 Å². The third-order valence-electron chi connectivity index (χ3n) is 2.37. The molecule has 0 aliphatic carbocycles. The van der Waals surface area contributed by atoms with Crippen LogP contribution < -0.4 is 0 Å². The van der Waals surface area contributed by atoms with Gasteiger partial charge >= 0.3 is 5.97 Å². The maximum absolute atomic E-state index is 11.3. The third kappa shape index (κ3) is 3.27. The minimum absolute atomic E-state index is 0.145. The van der Waals surface area contributed by atoms with Gasteiger partial charge in [0.15, 0.2) is 0 Å². The van der Waals surface area contributed by atoms with Crippen LogP contribution in [0.15, 0.2) is 0 Å². The lowest BCUT2D eigenvalue weighted by Crippen LogP contribution is -2.49. The van der Waals surface area contributed by atoms with Crippen LogP contribution in [0.25, 0.3) is 0 Å². The molecule has 1 aliphatic heterocycles. The summed E-state index contributed by atoms with van der Waals surface area (Å²) in [6.07, 6.45) is 0.209. The number of morpholine rings is 1. The van der Waals surface area contributed by atoms with Crippen LogP contribution in [0.5, 0.6) is 0 Å². The second-order valence-corrected chi connectivity index (χ2v) is 3.73. The predicted molar refractivity (Wildman–Crippen MR) is 53.1 cm³/mol. The fourth-order valence-corrected chi connectivity index (χ4v) is 1.56. The molecule has 1 fully saturated rings. The normalized spacial score (nSPS) is 28.8. The number of ether oxygens (including phenoxy) is 2. The Morgan fingerprint density at radius 1 is 1.57 bits per heavy atom. The molecule has 14 heavy (non-hydrogen) atoms. The molecular weight excluding hydrogens is 182 g/mol. The highest BCUT2D eigenvalue weighted by Gasteiger charge is 2.25. The van der Waals surface area contributed by atoms with Crippen LogP contribution in [0.3, 0.4) is 0 Å². The smallest absolute Gasteiger partial charge is 0.320 e. The molecule has 1 rings (SSSR count). The van der Waals surface area contributed by atoms with Crippen molar-refractivity contribution in [2.45, 2.75) is 32.9 Å². The van der Waals surface area contributed by atoms with Gasteiger partial charge in [0.1, 0.15) is 0 Å². The van der Waals surface area contributed by atoms with E-state index in [9.17, 15) is 4.79 Å². The zero-order valence-corrected chi connectivity index (χ0v) is 9.16. The van der Waals surface area contributed by atoms with Crippen LogP contribution >= 0.6 is 0 Å². The van der Waals surface area contributed by atoms with Crippen LogP contribution in [-0.2, 0) is 14.3 Å². The average Bonchev–Trinajstić information content (AvgIpc) is 2.12. The molecule has 82 valence electrons. The predicted octanol–water partition coefficient (Wildman–Crippen LogP) is 0.659. The van der Waals surface area contributed by atoms with Crippen LogP contribution in [0.2, 0.25) is 0 Å². The van der Waals surface area contributed by atoms with Crippen molar-refractivity contribution in [3.8, 4) is 0 Å². The molecule has 4 heteroatoms.